The van der Waals surface area contributed by atoms with Crippen LogP contribution in [0.4, 0.5) is 5.82 Å². The predicted octanol–water partition coefficient (Wildman–Crippen LogP) is 1.16. The molecule has 2 rings (SSSR count). The smallest absolute Gasteiger partial charge is 0.171 e. The zero-order chi connectivity index (χ0) is 14.8. The SMILES string of the molecule is CCS(=O)(=O)C1CSCCN1c1ccc(CN)c(C)n1. The summed E-state index contributed by atoms with van der Waals surface area (Å²) >= 11 is 1.69. The molecule has 0 radical (unpaired) electrons. The van der Waals surface area contributed by atoms with E-state index in [9.17, 15) is 8.42 Å². The predicted molar refractivity (Wildman–Crippen MR) is 84.8 cm³/mol. The Balaban J connectivity index is 2.35. The van der Waals surface area contributed by atoms with Gasteiger partial charge in [0.05, 0.1) is 0 Å². The van der Waals surface area contributed by atoms with Crippen LogP contribution in [0.3, 0.4) is 0 Å². The van der Waals surface area contributed by atoms with E-state index in [-0.39, 0.29) is 5.75 Å². The average Bonchev–Trinajstić information content (AvgIpc) is 2.47. The number of nitrogens with two attached hydrogens (primary N) is 1. The maximum atomic E-state index is 12.2. The molecule has 0 aromatic carbocycles. The van der Waals surface area contributed by atoms with Crippen molar-refractivity contribution in [3.05, 3.63) is 23.4 Å². The highest BCUT2D eigenvalue weighted by Gasteiger charge is 2.33. The summed E-state index contributed by atoms with van der Waals surface area (Å²) in [5.74, 6) is 2.43. The Morgan fingerprint density at radius 3 is 2.85 bits per heavy atom. The molecule has 1 aliphatic rings. The Labute approximate surface area is 124 Å². The van der Waals surface area contributed by atoms with Crippen molar-refractivity contribution in [3.8, 4) is 0 Å². The van der Waals surface area contributed by atoms with Gasteiger partial charge in [-0.25, -0.2) is 13.4 Å². The summed E-state index contributed by atoms with van der Waals surface area (Å²) in [4.78, 5) is 6.46. The number of nitrogens with zero attached hydrogens (tertiary/aromatic N) is 2. The molecule has 0 bridgehead atoms. The Bertz CT molecular complexity index is 575. The number of anilines is 1. The number of aromatic nitrogens is 1. The fourth-order valence-corrected chi connectivity index (χ4v) is 5.26. The van der Waals surface area contributed by atoms with Crippen LogP contribution in [0, 0.1) is 6.92 Å². The van der Waals surface area contributed by atoms with Crippen molar-refractivity contribution in [3.63, 3.8) is 0 Å². The van der Waals surface area contributed by atoms with E-state index in [2.05, 4.69) is 4.98 Å². The number of sulfone groups is 1. The van der Waals surface area contributed by atoms with E-state index in [4.69, 9.17) is 5.73 Å². The van der Waals surface area contributed by atoms with Crippen LogP contribution >= 0.6 is 11.8 Å². The lowest BCUT2D eigenvalue weighted by Gasteiger charge is -2.35. The summed E-state index contributed by atoms with van der Waals surface area (Å²) in [6, 6.07) is 3.82. The van der Waals surface area contributed by atoms with E-state index in [1.165, 1.54) is 0 Å². The molecule has 5 nitrogen and oxygen atoms in total. The van der Waals surface area contributed by atoms with E-state index in [1.807, 2.05) is 24.0 Å². The van der Waals surface area contributed by atoms with Crippen molar-refractivity contribution < 1.29 is 8.42 Å². The van der Waals surface area contributed by atoms with Crippen molar-refractivity contribution >= 4 is 27.4 Å². The number of thioether (sulfide) groups is 1. The van der Waals surface area contributed by atoms with Crippen molar-refractivity contribution in [1.82, 2.24) is 4.98 Å². The maximum absolute atomic E-state index is 12.2. The topological polar surface area (TPSA) is 76.3 Å². The van der Waals surface area contributed by atoms with Gasteiger partial charge >= 0.3 is 0 Å². The molecule has 7 heteroatoms. The van der Waals surface area contributed by atoms with Gasteiger partial charge in [0.15, 0.2) is 9.84 Å². The highest BCUT2D eigenvalue weighted by molar-refractivity contribution is 8.01. The number of pyridine rings is 1. The first-order chi connectivity index (χ1) is 9.49. The van der Waals surface area contributed by atoms with Crippen molar-refractivity contribution in [1.29, 1.82) is 0 Å². The van der Waals surface area contributed by atoms with Crippen LogP contribution in [0.1, 0.15) is 18.2 Å². The third-order valence-corrected chi connectivity index (χ3v) is 6.88. The monoisotopic (exact) mass is 315 g/mol. The number of rotatable bonds is 4. The fourth-order valence-electron chi connectivity index (χ4n) is 2.29. The molecule has 1 unspecified atom stereocenters. The third kappa shape index (κ3) is 3.10. The molecule has 0 amide bonds. The second kappa shape index (κ2) is 6.32. The number of aryl methyl sites for hydroxylation is 1. The second-order valence-electron chi connectivity index (χ2n) is 4.79. The standard InChI is InChI=1S/C13H21N3O2S2/c1-3-20(17,18)13-9-19-7-6-16(13)12-5-4-11(8-14)10(2)15-12/h4-5,13H,3,6-9,14H2,1-2H3. The zero-order valence-electron chi connectivity index (χ0n) is 11.9. The van der Waals surface area contributed by atoms with Crippen LogP contribution in [0.15, 0.2) is 12.1 Å². The molecule has 1 atom stereocenters. The van der Waals surface area contributed by atoms with Gasteiger partial charge < -0.3 is 10.6 Å². The van der Waals surface area contributed by atoms with Gasteiger partial charge in [-0.15, -0.1) is 0 Å². The maximum Gasteiger partial charge on any atom is 0.171 e. The lowest BCUT2D eigenvalue weighted by Crippen LogP contribution is -2.48. The van der Waals surface area contributed by atoms with Gasteiger partial charge in [-0.05, 0) is 18.6 Å². The largest absolute Gasteiger partial charge is 0.338 e. The van der Waals surface area contributed by atoms with Crippen LogP contribution in [0.25, 0.3) is 0 Å². The molecule has 1 aliphatic heterocycles. The molecule has 1 saturated heterocycles. The lowest BCUT2D eigenvalue weighted by molar-refractivity contribution is 0.578. The van der Waals surface area contributed by atoms with Crippen LogP contribution in [-0.2, 0) is 16.4 Å². The molecule has 1 fully saturated rings. The fraction of sp³-hybridized carbons (Fsp3) is 0.615. The first kappa shape index (κ1) is 15.6. The summed E-state index contributed by atoms with van der Waals surface area (Å²) in [6.07, 6.45) is 0. The summed E-state index contributed by atoms with van der Waals surface area (Å²) in [6.45, 7) is 4.77. The molecule has 1 aromatic heterocycles. The highest BCUT2D eigenvalue weighted by atomic mass is 32.2. The summed E-state index contributed by atoms with van der Waals surface area (Å²) in [5.41, 5.74) is 7.51. The van der Waals surface area contributed by atoms with Gasteiger partial charge in [0.1, 0.15) is 11.2 Å². The Kier molecular flexibility index (Phi) is 4.93. The Hall–Kier alpha value is -0.790. The lowest BCUT2D eigenvalue weighted by atomic mass is 10.2. The first-order valence-electron chi connectivity index (χ1n) is 6.72. The molecule has 0 aliphatic carbocycles. The molecular formula is C13H21N3O2S2. The molecule has 112 valence electrons. The van der Waals surface area contributed by atoms with Crippen molar-refractivity contribution in [2.75, 3.05) is 28.7 Å². The van der Waals surface area contributed by atoms with E-state index < -0.39 is 15.2 Å². The quantitative estimate of drug-likeness (QED) is 0.898. The zero-order valence-corrected chi connectivity index (χ0v) is 13.5. The van der Waals surface area contributed by atoms with Gasteiger partial charge in [-0.1, -0.05) is 13.0 Å². The minimum Gasteiger partial charge on any atom is -0.338 e. The minimum atomic E-state index is -3.11. The van der Waals surface area contributed by atoms with Gasteiger partial charge in [-0.2, -0.15) is 11.8 Å². The molecule has 2 heterocycles. The van der Waals surface area contributed by atoms with Gasteiger partial charge in [0.25, 0.3) is 0 Å². The van der Waals surface area contributed by atoms with Gasteiger partial charge in [0.2, 0.25) is 0 Å². The Morgan fingerprint density at radius 2 is 2.25 bits per heavy atom. The molecule has 1 aromatic rings. The molecular weight excluding hydrogens is 294 g/mol. The molecule has 20 heavy (non-hydrogen) atoms. The second-order valence-corrected chi connectivity index (χ2v) is 8.39. The van der Waals surface area contributed by atoms with Crippen molar-refractivity contribution in [2.24, 2.45) is 5.73 Å². The van der Waals surface area contributed by atoms with E-state index in [1.54, 1.807) is 18.7 Å². The summed E-state index contributed by atoms with van der Waals surface area (Å²) in [7, 11) is -3.11. The van der Waals surface area contributed by atoms with Crippen LogP contribution < -0.4 is 10.6 Å². The third-order valence-electron chi connectivity index (χ3n) is 3.60. The van der Waals surface area contributed by atoms with Crippen LogP contribution in [0.2, 0.25) is 0 Å². The van der Waals surface area contributed by atoms with Gasteiger partial charge in [0, 0.05) is 36.0 Å². The van der Waals surface area contributed by atoms with E-state index in [0.29, 0.717) is 18.8 Å². The Morgan fingerprint density at radius 1 is 1.50 bits per heavy atom. The first-order valence-corrected chi connectivity index (χ1v) is 9.59. The average molecular weight is 315 g/mol. The minimum absolute atomic E-state index is 0.161. The highest BCUT2D eigenvalue weighted by Crippen LogP contribution is 2.26. The van der Waals surface area contributed by atoms with Crippen LogP contribution in [-0.4, -0.2) is 42.6 Å². The molecule has 2 N–H and O–H groups in total. The molecule has 0 spiro atoms. The van der Waals surface area contributed by atoms with Crippen LogP contribution in [0.5, 0.6) is 0 Å². The van der Waals surface area contributed by atoms with Gasteiger partial charge in [-0.3, -0.25) is 0 Å². The summed E-state index contributed by atoms with van der Waals surface area (Å²) in [5, 5.41) is -0.470. The summed E-state index contributed by atoms with van der Waals surface area (Å²) < 4.78 is 24.5. The molecule has 0 saturated carbocycles. The van der Waals surface area contributed by atoms with Crippen molar-refractivity contribution in [2.45, 2.75) is 25.8 Å². The van der Waals surface area contributed by atoms with E-state index in [0.717, 1.165) is 22.8 Å². The van der Waals surface area contributed by atoms with E-state index >= 15 is 0 Å². The normalized spacial score (nSPS) is 20.1. The number of hydrogen-bond donors (Lipinski definition) is 1. The number of hydrogen-bond acceptors (Lipinski definition) is 6.